The van der Waals surface area contributed by atoms with Gasteiger partial charge in [0.2, 0.25) is 5.95 Å². The van der Waals surface area contributed by atoms with Crippen LogP contribution in [0.1, 0.15) is 36.9 Å². The van der Waals surface area contributed by atoms with Crippen molar-refractivity contribution >= 4 is 11.8 Å². The van der Waals surface area contributed by atoms with Crippen LogP contribution in [0, 0.1) is 0 Å². The molecule has 1 saturated heterocycles. The fraction of sp³-hybridized carbons (Fsp3) is 0.733. The van der Waals surface area contributed by atoms with E-state index in [1.54, 1.807) is 0 Å². The maximum Gasteiger partial charge on any atom is 0.222 e. The first-order valence-corrected chi connectivity index (χ1v) is 8.01. The highest BCUT2D eigenvalue weighted by molar-refractivity contribution is 5.53. The van der Waals surface area contributed by atoms with Crippen LogP contribution >= 0.6 is 0 Å². The van der Waals surface area contributed by atoms with Gasteiger partial charge < -0.3 is 20.7 Å². The predicted octanol–water partition coefficient (Wildman–Crippen LogP) is 0.854. The number of hydrogen-bond donors (Lipinski definition) is 2. The van der Waals surface area contributed by atoms with Gasteiger partial charge >= 0.3 is 0 Å². The predicted molar refractivity (Wildman–Crippen MR) is 81.2 cm³/mol. The average molecular weight is 289 g/mol. The van der Waals surface area contributed by atoms with Crippen LogP contribution in [0.4, 0.5) is 11.8 Å². The third-order valence-corrected chi connectivity index (χ3v) is 5.03. The summed E-state index contributed by atoms with van der Waals surface area (Å²) in [7, 11) is 0. The number of nitrogen functional groups attached to an aromatic ring is 1. The van der Waals surface area contributed by atoms with Gasteiger partial charge in [-0.05, 0) is 12.8 Å². The third-order valence-electron chi connectivity index (χ3n) is 5.03. The summed E-state index contributed by atoms with van der Waals surface area (Å²) in [6, 6.07) is 0. The molecule has 1 aromatic rings. The smallest absolute Gasteiger partial charge is 0.222 e. The van der Waals surface area contributed by atoms with E-state index >= 15 is 0 Å². The van der Waals surface area contributed by atoms with Gasteiger partial charge in [0.05, 0.1) is 17.9 Å². The monoisotopic (exact) mass is 289 g/mol. The Hall–Kier alpha value is -1.40. The lowest BCUT2D eigenvalue weighted by Gasteiger charge is -2.37. The number of rotatable bonds is 1. The van der Waals surface area contributed by atoms with Gasteiger partial charge in [-0.3, -0.25) is 0 Å². The Bertz CT molecular complexity index is 535. The molecule has 6 heteroatoms. The molecule has 0 atom stereocenters. The Morgan fingerprint density at radius 1 is 1.14 bits per heavy atom. The first-order valence-electron chi connectivity index (χ1n) is 8.01. The number of aromatic nitrogens is 2. The normalized spacial score (nSPS) is 24.3. The Morgan fingerprint density at radius 2 is 1.90 bits per heavy atom. The van der Waals surface area contributed by atoms with Crippen molar-refractivity contribution in [1.29, 1.82) is 0 Å². The molecular weight excluding hydrogens is 266 g/mol. The van der Waals surface area contributed by atoms with Crippen LogP contribution < -0.4 is 16.0 Å². The largest absolute Gasteiger partial charge is 0.370 e. The van der Waals surface area contributed by atoms with Crippen molar-refractivity contribution in [2.45, 2.75) is 44.3 Å². The molecule has 6 nitrogen and oxygen atoms in total. The van der Waals surface area contributed by atoms with E-state index in [0.717, 1.165) is 62.5 Å². The van der Waals surface area contributed by atoms with Crippen LogP contribution in [0.2, 0.25) is 0 Å². The van der Waals surface area contributed by atoms with Crippen molar-refractivity contribution in [3.8, 4) is 0 Å². The van der Waals surface area contributed by atoms with Crippen molar-refractivity contribution < 1.29 is 4.74 Å². The zero-order valence-electron chi connectivity index (χ0n) is 12.4. The SMILES string of the molecule is Nc1nc2c(c(N3CCNCC3)n1)COC1(CCCC1)C2. The second-order valence-corrected chi connectivity index (χ2v) is 6.42. The number of piperazine rings is 1. The van der Waals surface area contributed by atoms with Crippen molar-refractivity contribution in [3.05, 3.63) is 11.3 Å². The van der Waals surface area contributed by atoms with E-state index in [0.29, 0.717) is 12.6 Å². The summed E-state index contributed by atoms with van der Waals surface area (Å²) in [5, 5.41) is 3.37. The van der Waals surface area contributed by atoms with Gasteiger partial charge in [0.1, 0.15) is 5.82 Å². The molecule has 21 heavy (non-hydrogen) atoms. The van der Waals surface area contributed by atoms with Gasteiger partial charge in [0.15, 0.2) is 0 Å². The fourth-order valence-electron chi connectivity index (χ4n) is 3.89. The average Bonchev–Trinajstić information content (AvgIpc) is 2.95. The summed E-state index contributed by atoms with van der Waals surface area (Å²) >= 11 is 0. The highest BCUT2D eigenvalue weighted by Crippen LogP contribution is 2.41. The number of fused-ring (bicyclic) bond motifs is 1. The van der Waals surface area contributed by atoms with Gasteiger partial charge in [0, 0.05) is 38.2 Å². The minimum absolute atomic E-state index is 0.0223. The topological polar surface area (TPSA) is 76.3 Å². The van der Waals surface area contributed by atoms with E-state index < -0.39 is 0 Å². The van der Waals surface area contributed by atoms with E-state index in [4.69, 9.17) is 10.5 Å². The Kier molecular flexibility index (Phi) is 3.23. The number of nitrogens with one attached hydrogen (secondary N) is 1. The van der Waals surface area contributed by atoms with E-state index in [1.165, 1.54) is 12.8 Å². The van der Waals surface area contributed by atoms with E-state index in [-0.39, 0.29) is 5.60 Å². The number of hydrogen-bond acceptors (Lipinski definition) is 6. The van der Waals surface area contributed by atoms with Crippen LogP contribution in [0.25, 0.3) is 0 Å². The van der Waals surface area contributed by atoms with Crippen molar-refractivity contribution in [2.75, 3.05) is 36.8 Å². The van der Waals surface area contributed by atoms with E-state index in [9.17, 15) is 0 Å². The molecule has 0 radical (unpaired) electrons. The molecule has 4 rings (SSSR count). The summed E-state index contributed by atoms with van der Waals surface area (Å²) in [4.78, 5) is 11.4. The standard InChI is InChI=1S/C15H23N5O/c16-14-18-12-9-15(3-1-2-4-15)21-10-11(12)13(19-14)20-7-5-17-6-8-20/h17H,1-10H2,(H2,16,18,19). The van der Waals surface area contributed by atoms with Gasteiger partial charge in [-0.1, -0.05) is 12.8 Å². The molecule has 1 aliphatic carbocycles. The molecule has 0 aromatic carbocycles. The van der Waals surface area contributed by atoms with Crippen molar-refractivity contribution in [3.63, 3.8) is 0 Å². The first-order chi connectivity index (χ1) is 10.3. The molecule has 3 heterocycles. The second-order valence-electron chi connectivity index (χ2n) is 6.42. The molecular formula is C15H23N5O. The zero-order chi connectivity index (χ0) is 14.3. The summed E-state index contributed by atoms with van der Waals surface area (Å²) in [6.45, 7) is 4.55. The lowest BCUT2D eigenvalue weighted by atomic mass is 9.91. The van der Waals surface area contributed by atoms with E-state index in [1.807, 2.05) is 0 Å². The lowest BCUT2D eigenvalue weighted by molar-refractivity contribution is -0.0634. The molecule has 3 aliphatic rings. The maximum atomic E-state index is 6.26. The number of nitrogens with two attached hydrogens (primary N) is 1. The Labute approximate surface area is 125 Å². The Morgan fingerprint density at radius 3 is 2.67 bits per heavy atom. The molecule has 2 fully saturated rings. The molecule has 0 amide bonds. The summed E-state index contributed by atoms with van der Waals surface area (Å²) in [5.41, 5.74) is 8.26. The summed E-state index contributed by atoms with van der Waals surface area (Å²) in [6.07, 6.45) is 5.73. The van der Waals surface area contributed by atoms with Crippen LogP contribution in [-0.4, -0.2) is 41.7 Å². The Balaban J connectivity index is 1.69. The molecule has 0 bridgehead atoms. The van der Waals surface area contributed by atoms with Crippen molar-refractivity contribution in [1.82, 2.24) is 15.3 Å². The highest BCUT2D eigenvalue weighted by atomic mass is 16.5. The quantitative estimate of drug-likeness (QED) is 0.798. The van der Waals surface area contributed by atoms with Crippen LogP contribution in [0.3, 0.4) is 0 Å². The van der Waals surface area contributed by atoms with Gasteiger partial charge in [-0.25, -0.2) is 4.98 Å². The van der Waals surface area contributed by atoms with Gasteiger partial charge in [0.25, 0.3) is 0 Å². The third kappa shape index (κ3) is 2.36. The number of ether oxygens (including phenoxy) is 1. The molecule has 1 aromatic heterocycles. The van der Waals surface area contributed by atoms with Crippen LogP contribution in [0.5, 0.6) is 0 Å². The molecule has 1 saturated carbocycles. The lowest BCUT2D eigenvalue weighted by Crippen LogP contribution is -2.45. The van der Waals surface area contributed by atoms with Crippen molar-refractivity contribution in [2.24, 2.45) is 0 Å². The molecule has 3 N–H and O–H groups in total. The second kappa shape index (κ2) is 5.10. The summed E-state index contributed by atoms with van der Waals surface area (Å²) in [5.74, 6) is 1.39. The fourth-order valence-corrected chi connectivity index (χ4v) is 3.89. The highest BCUT2D eigenvalue weighted by Gasteiger charge is 2.40. The molecule has 1 spiro atoms. The van der Waals surface area contributed by atoms with E-state index in [2.05, 4.69) is 20.2 Å². The number of anilines is 2. The number of nitrogens with zero attached hydrogens (tertiary/aromatic N) is 3. The minimum atomic E-state index is 0.0223. The minimum Gasteiger partial charge on any atom is -0.370 e. The maximum absolute atomic E-state index is 6.26. The van der Waals surface area contributed by atoms with Crippen LogP contribution in [0.15, 0.2) is 0 Å². The van der Waals surface area contributed by atoms with Crippen LogP contribution in [-0.2, 0) is 17.8 Å². The van der Waals surface area contributed by atoms with Gasteiger partial charge in [-0.15, -0.1) is 0 Å². The molecule has 114 valence electrons. The first kappa shape index (κ1) is 13.3. The summed E-state index contributed by atoms with van der Waals surface area (Å²) < 4.78 is 6.26. The molecule has 0 unspecified atom stereocenters. The van der Waals surface area contributed by atoms with Gasteiger partial charge in [-0.2, -0.15) is 4.98 Å². The molecule has 2 aliphatic heterocycles. The zero-order valence-corrected chi connectivity index (χ0v) is 12.4.